The number of hydrogen-bond acceptors (Lipinski definition) is 3. The molecule has 0 amide bonds. The zero-order valence-electron chi connectivity index (χ0n) is 9.09. The van der Waals surface area contributed by atoms with Gasteiger partial charge in [0, 0.05) is 24.7 Å². The van der Waals surface area contributed by atoms with Crippen LogP contribution in [-0.2, 0) is 0 Å². The van der Waals surface area contributed by atoms with Crippen LogP contribution in [0.3, 0.4) is 0 Å². The van der Waals surface area contributed by atoms with Crippen LogP contribution < -0.4 is 5.32 Å². The number of nitrogens with one attached hydrogen (secondary N) is 1. The highest BCUT2D eigenvalue weighted by atomic mass is 35.5. The Morgan fingerprint density at radius 1 is 1.50 bits per heavy atom. The van der Waals surface area contributed by atoms with Gasteiger partial charge in [0.2, 0.25) is 0 Å². The maximum absolute atomic E-state index is 9.62. The second-order valence-electron chi connectivity index (χ2n) is 3.29. The number of likely N-dealkylation sites (N-methyl/N-ethyl adjacent to an activating group) is 1. The Kier molecular flexibility index (Phi) is 8.18. The lowest BCUT2D eigenvalue weighted by Gasteiger charge is -2.21. The first-order valence-corrected chi connectivity index (χ1v) is 5.42. The van der Waals surface area contributed by atoms with Crippen molar-refractivity contribution >= 4 is 11.6 Å². The van der Waals surface area contributed by atoms with Gasteiger partial charge in [0.05, 0.1) is 6.10 Å². The molecule has 0 fully saturated rings. The summed E-state index contributed by atoms with van der Waals surface area (Å²) < 4.78 is 0. The van der Waals surface area contributed by atoms with Gasteiger partial charge in [0.1, 0.15) is 0 Å². The van der Waals surface area contributed by atoms with E-state index in [0.29, 0.717) is 24.7 Å². The van der Waals surface area contributed by atoms with Crippen LogP contribution in [0.2, 0.25) is 0 Å². The monoisotopic (exact) mass is 220 g/mol. The van der Waals surface area contributed by atoms with Gasteiger partial charge < -0.3 is 15.3 Å². The van der Waals surface area contributed by atoms with E-state index in [1.807, 2.05) is 0 Å². The summed E-state index contributed by atoms with van der Waals surface area (Å²) in [6.45, 7) is 11.5. The number of hydrogen-bond donors (Lipinski definition) is 2. The first kappa shape index (κ1) is 13.9. The van der Waals surface area contributed by atoms with E-state index < -0.39 is 0 Å². The molecule has 0 spiro atoms. The van der Waals surface area contributed by atoms with Crippen molar-refractivity contribution in [3.63, 3.8) is 0 Å². The zero-order chi connectivity index (χ0) is 11.0. The maximum atomic E-state index is 9.62. The summed E-state index contributed by atoms with van der Waals surface area (Å²) in [5, 5.41) is 13.2. The largest absolute Gasteiger partial charge is 0.390 e. The number of halogens is 1. The minimum absolute atomic E-state index is 0.342. The van der Waals surface area contributed by atoms with Gasteiger partial charge in [0.15, 0.2) is 0 Å². The Hall–Kier alpha value is -0.0900. The quantitative estimate of drug-likeness (QED) is 0.642. The van der Waals surface area contributed by atoms with E-state index in [1.54, 1.807) is 0 Å². The summed E-state index contributed by atoms with van der Waals surface area (Å²) in [6, 6.07) is 0. The van der Waals surface area contributed by atoms with Crippen LogP contribution in [0.1, 0.15) is 13.8 Å². The van der Waals surface area contributed by atoms with E-state index in [9.17, 15) is 5.11 Å². The third-order valence-electron chi connectivity index (χ3n) is 2.06. The van der Waals surface area contributed by atoms with Crippen LogP contribution in [0.4, 0.5) is 0 Å². The average molecular weight is 221 g/mol. The SMILES string of the molecule is C=C(Cl)CNCC(O)CN(CC)CC. The van der Waals surface area contributed by atoms with Gasteiger partial charge in [0.25, 0.3) is 0 Å². The third-order valence-corrected chi connectivity index (χ3v) is 2.19. The third kappa shape index (κ3) is 7.33. The first-order chi connectivity index (χ1) is 6.60. The minimum Gasteiger partial charge on any atom is -0.390 e. The summed E-state index contributed by atoms with van der Waals surface area (Å²) in [5.41, 5.74) is 0. The van der Waals surface area contributed by atoms with Crippen molar-refractivity contribution < 1.29 is 5.11 Å². The molecule has 1 unspecified atom stereocenters. The van der Waals surface area contributed by atoms with Crippen LogP contribution >= 0.6 is 11.6 Å². The highest BCUT2D eigenvalue weighted by Crippen LogP contribution is 1.94. The average Bonchev–Trinajstić information content (AvgIpc) is 2.13. The van der Waals surface area contributed by atoms with E-state index in [2.05, 4.69) is 30.6 Å². The molecule has 0 aliphatic heterocycles. The lowest BCUT2D eigenvalue weighted by atomic mass is 10.3. The molecule has 84 valence electrons. The normalized spacial score (nSPS) is 13.2. The van der Waals surface area contributed by atoms with Crippen molar-refractivity contribution in [2.24, 2.45) is 0 Å². The topological polar surface area (TPSA) is 35.5 Å². The van der Waals surface area contributed by atoms with E-state index >= 15 is 0 Å². The van der Waals surface area contributed by atoms with Crippen molar-refractivity contribution in [3.05, 3.63) is 11.6 Å². The Morgan fingerprint density at radius 3 is 2.50 bits per heavy atom. The summed E-state index contributed by atoms with van der Waals surface area (Å²) in [7, 11) is 0. The van der Waals surface area contributed by atoms with E-state index in [-0.39, 0.29) is 6.10 Å². The predicted octanol–water partition coefficient (Wildman–Crippen LogP) is 1.03. The van der Waals surface area contributed by atoms with Crippen molar-refractivity contribution in [1.82, 2.24) is 10.2 Å². The molecule has 0 saturated carbocycles. The molecule has 0 aromatic heterocycles. The van der Waals surface area contributed by atoms with Gasteiger partial charge in [-0.05, 0) is 13.1 Å². The fraction of sp³-hybridized carbons (Fsp3) is 0.800. The van der Waals surface area contributed by atoms with Crippen molar-refractivity contribution in [2.75, 3.05) is 32.7 Å². The fourth-order valence-electron chi connectivity index (χ4n) is 1.22. The zero-order valence-corrected chi connectivity index (χ0v) is 9.85. The molecule has 0 radical (unpaired) electrons. The maximum Gasteiger partial charge on any atom is 0.0791 e. The Bertz CT molecular complexity index is 160. The molecule has 0 aliphatic rings. The molecule has 0 rings (SSSR count). The van der Waals surface area contributed by atoms with Gasteiger partial charge in [-0.3, -0.25) is 0 Å². The standard InChI is InChI=1S/C10H21ClN2O/c1-4-13(5-2)8-10(14)7-12-6-9(3)11/h10,12,14H,3-8H2,1-2H3. The Labute approximate surface area is 91.7 Å². The van der Waals surface area contributed by atoms with Crippen LogP contribution in [0, 0.1) is 0 Å². The number of nitrogens with zero attached hydrogens (tertiary/aromatic N) is 1. The molecule has 2 N–H and O–H groups in total. The van der Waals surface area contributed by atoms with Gasteiger partial charge in [-0.1, -0.05) is 32.0 Å². The van der Waals surface area contributed by atoms with Gasteiger partial charge in [-0.25, -0.2) is 0 Å². The molecule has 0 bridgehead atoms. The molecular formula is C10H21ClN2O. The molecular weight excluding hydrogens is 200 g/mol. The molecule has 0 aromatic carbocycles. The molecule has 3 nitrogen and oxygen atoms in total. The molecule has 0 saturated heterocycles. The first-order valence-electron chi connectivity index (χ1n) is 5.04. The Morgan fingerprint density at radius 2 is 2.07 bits per heavy atom. The van der Waals surface area contributed by atoms with Crippen molar-refractivity contribution in [1.29, 1.82) is 0 Å². The highest BCUT2D eigenvalue weighted by Gasteiger charge is 2.07. The van der Waals surface area contributed by atoms with Gasteiger partial charge in [-0.2, -0.15) is 0 Å². The second-order valence-corrected chi connectivity index (χ2v) is 3.82. The van der Waals surface area contributed by atoms with Crippen molar-refractivity contribution in [2.45, 2.75) is 20.0 Å². The van der Waals surface area contributed by atoms with Crippen LogP contribution in [-0.4, -0.2) is 48.8 Å². The number of aliphatic hydroxyl groups excluding tert-OH is 1. The lowest BCUT2D eigenvalue weighted by Crippen LogP contribution is -2.38. The van der Waals surface area contributed by atoms with Crippen LogP contribution in [0.5, 0.6) is 0 Å². The summed E-state index contributed by atoms with van der Waals surface area (Å²) in [6.07, 6.45) is -0.342. The summed E-state index contributed by atoms with van der Waals surface area (Å²) >= 11 is 5.57. The number of rotatable bonds is 8. The minimum atomic E-state index is -0.342. The smallest absolute Gasteiger partial charge is 0.0791 e. The second kappa shape index (κ2) is 8.24. The molecule has 0 heterocycles. The highest BCUT2D eigenvalue weighted by molar-refractivity contribution is 6.29. The molecule has 1 atom stereocenters. The Balaban J connectivity index is 3.53. The number of aliphatic hydroxyl groups is 1. The predicted molar refractivity (Wildman–Crippen MR) is 61.7 cm³/mol. The molecule has 0 aromatic rings. The van der Waals surface area contributed by atoms with Crippen LogP contribution in [0.25, 0.3) is 0 Å². The van der Waals surface area contributed by atoms with E-state index in [1.165, 1.54) is 0 Å². The van der Waals surface area contributed by atoms with E-state index in [4.69, 9.17) is 11.6 Å². The molecule has 14 heavy (non-hydrogen) atoms. The van der Waals surface area contributed by atoms with Gasteiger partial charge >= 0.3 is 0 Å². The van der Waals surface area contributed by atoms with Crippen molar-refractivity contribution in [3.8, 4) is 0 Å². The fourth-order valence-corrected chi connectivity index (χ4v) is 1.31. The lowest BCUT2D eigenvalue weighted by molar-refractivity contribution is 0.118. The van der Waals surface area contributed by atoms with Crippen LogP contribution in [0.15, 0.2) is 11.6 Å². The molecule has 0 aliphatic carbocycles. The van der Waals surface area contributed by atoms with E-state index in [0.717, 1.165) is 13.1 Å². The van der Waals surface area contributed by atoms with Gasteiger partial charge in [-0.15, -0.1) is 0 Å². The summed E-state index contributed by atoms with van der Waals surface area (Å²) in [5.74, 6) is 0. The summed E-state index contributed by atoms with van der Waals surface area (Å²) in [4.78, 5) is 2.18. The molecule has 4 heteroatoms.